The zero-order chi connectivity index (χ0) is 24.0. The van der Waals surface area contributed by atoms with Gasteiger partial charge in [-0.15, -0.1) is 0 Å². The molecule has 1 aliphatic heterocycles. The Balaban J connectivity index is 2.03. The van der Waals surface area contributed by atoms with Crippen molar-refractivity contribution in [3.8, 4) is 0 Å². The molecule has 0 saturated carbocycles. The van der Waals surface area contributed by atoms with Gasteiger partial charge in [0.1, 0.15) is 29.2 Å². The van der Waals surface area contributed by atoms with E-state index in [0.29, 0.717) is 13.1 Å². The number of fused-ring (bicyclic) bond motifs is 1. The highest BCUT2D eigenvalue weighted by molar-refractivity contribution is 5.85. The second kappa shape index (κ2) is 8.64. The number of nitrogens with zero attached hydrogens (tertiary/aromatic N) is 6. The minimum Gasteiger partial charge on any atom is -0.444 e. The van der Waals surface area contributed by atoms with Gasteiger partial charge in [-0.05, 0) is 34.6 Å². The van der Waals surface area contributed by atoms with Gasteiger partial charge >= 0.3 is 11.8 Å². The van der Waals surface area contributed by atoms with Crippen LogP contribution in [0.5, 0.6) is 0 Å². The maximum absolute atomic E-state index is 13.2. The maximum atomic E-state index is 13.2. The number of aryl methyl sites for hydroxylation is 1. The number of ether oxygens (including phenoxy) is 1. The lowest BCUT2D eigenvalue weighted by Crippen LogP contribution is -2.59. The largest absolute Gasteiger partial charge is 0.444 e. The van der Waals surface area contributed by atoms with E-state index in [4.69, 9.17) is 4.74 Å². The highest BCUT2D eigenvalue weighted by atomic mass is 19.3. The fourth-order valence-corrected chi connectivity index (χ4v) is 3.94. The molecule has 0 aliphatic carbocycles. The molecule has 12 heteroatoms. The van der Waals surface area contributed by atoms with Crippen LogP contribution in [0.3, 0.4) is 0 Å². The lowest BCUT2D eigenvalue weighted by molar-refractivity contribution is 0.0130. The van der Waals surface area contributed by atoms with Crippen LogP contribution in [0.4, 0.5) is 19.4 Å². The molecule has 2 aromatic heterocycles. The number of imidazole rings is 1. The molecule has 1 fully saturated rings. The Bertz CT molecular complexity index is 1060. The average molecular weight is 456 g/mol. The first-order valence-electron chi connectivity index (χ1n) is 10.5. The first-order chi connectivity index (χ1) is 14.8. The van der Waals surface area contributed by atoms with Crippen molar-refractivity contribution in [2.24, 2.45) is 7.05 Å². The van der Waals surface area contributed by atoms with Gasteiger partial charge in [0, 0.05) is 32.2 Å². The molecule has 1 amide bonds. The Labute approximate surface area is 184 Å². The smallest absolute Gasteiger partial charge is 0.410 e. The number of aromatic nitrogens is 4. The number of aliphatic hydroxyl groups is 1. The summed E-state index contributed by atoms with van der Waals surface area (Å²) in [4.78, 5) is 37.2. The lowest BCUT2D eigenvalue weighted by atomic mass is 10.1. The Morgan fingerprint density at radius 2 is 1.88 bits per heavy atom. The summed E-state index contributed by atoms with van der Waals surface area (Å²) < 4.78 is 34.2. The Morgan fingerprint density at radius 3 is 2.44 bits per heavy atom. The Hall–Kier alpha value is -2.76. The van der Waals surface area contributed by atoms with Crippen LogP contribution in [0.15, 0.2) is 4.79 Å². The molecule has 0 spiro atoms. The molecular formula is C20H30F2N6O4. The number of carbonyl (C=O) groups excluding carboxylic acids is 1. The molecule has 0 aromatic carbocycles. The zero-order valence-electron chi connectivity index (χ0n) is 19.2. The third kappa shape index (κ3) is 4.54. The molecule has 32 heavy (non-hydrogen) atoms. The van der Waals surface area contributed by atoms with Crippen LogP contribution in [0, 0.1) is 0 Å². The predicted octanol–water partition coefficient (Wildman–Crippen LogP) is 1.72. The van der Waals surface area contributed by atoms with Gasteiger partial charge in [-0.3, -0.25) is 4.57 Å². The summed E-state index contributed by atoms with van der Waals surface area (Å²) in [5, 5.41) is 9.67. The molecule has 10 nitrogen and oxygen atoms in total. The van der Waals surface area contributed by atoms with Gasteiger partial charge in [-0.2, -0.15) is 4.98 Å². The van der Waals surface area contributed by atoms with Crippen molar-refractivity contribution in [2.75, 3.05) is 18.0 Å². The average Bonchev–Trinajstić information content (AvgIpc) is 3.02. The molecular weight excluding hydrogens is 426 g/mol. The third-order valence-electron chi connectivity index (χ3n) is 5.39. The summed E-state index contributed by atoms with van der Waals surface area (Å²) in [7, 11) is 1.43. The number of halogens is 2. The number of carbonyl (C=O) groups is 1. The topological polar surface area (TPSA) is 106 Å². The molecule has 2 aromatic rings. The lowest BCUT2D eigenvalue weighted by Gasteiger charge is -2.44. The fourth-order valence-electron chi connectivity index (χ4n) is 3.94. The van der Waals surface area contributed by atoms with Gasteiger partial charge in [0.2, 0.25) is 0 Å². The fraction of sp³-hybridized carbons (Fsp3) is 0.700. The molecule has 0 radical (unpaired) electrons. The molecule has 3 rings (SSSR count). The van der Waals surface area contributed by atoms with Crippen molar-refractivity contribution in [3.63, 3.8) is 0 Å². The van der Waals surface area contributed by atoms with E-state index in [9.17, 15) is 23.5 Å². The second-order valence-corrected chi connectivity index (χ2v) is 9.12. The van der Waals surface area contributed by atoms with Crippen molar-refractivity contribution < 1.29 is 23.4 Å². The zero-order valence-corrected chi connectivity index (χ0v) is 19.2. The molecule has 178 valence electrons. The summed E-state index contributed by atoms with van der Waals surface area (Å²) in [6, 6.07) is -0.512. The van der Waals surface area contributed by atoms with E-state index in [2.05, 4.69) is 9.97 Å². The standard InChI is InChI=1S/C20H30F2N6O4/c1-11-8-27(19(31)32-20(3,4)5)12(2)7-26(11)16-15-17(25(6)18(30)24-16)28(9-13(21)22)14(10-29)23-15/h11-13,29H,7-10H2,1-6H3/t11-,12+/m0/s1. The van der Waals surface area contributed by atoms with E-state index in [-0.39, 0.29) is 34.9 Å². The number of aliphatic hydroxyl groups excluding tert-OH is 1. The quantitative estimate of drug-likeness (QED) is 0.747. The first kappa shape index (κ1) is 23.9. The van der Waals surface area contributed by atoms with Crippen molar-refractivity contribution in [1.82, 2.24) is 24.0 Å². The molecule has 0 unspecified atom stereocenters. The van der Waals surface area contributed by atoms with Crippen LogP contribution in [-0.4, -0.2) is 72.4 Å². The minimum atomic E-state index is -2.69. The van der Waals surface area contributed by atoms with Crippen LogP contribution in [0.1, 0.15) is 40.4 Å². The SMILES string of the molecule is C[C@@H]1CN(c2nc(=O)n(C)c3c2nc(CO)n3CC(F)F)[C@@H](C)CN1C(=O)OC(C)(C)C. The minimum absolute atomic E-state index is 0.0256. The van der Waals surface area contributed by atoms with E-state index in [1.807, 2.05) is 18.7 Å². The highest BCUT2D eigenvalue weighted by Crippen LogP contribution is 2.29. The Kier molecular flexibility index (Phi) is 6.45. The van der Waals surface area contributed by atoms with E-state index < -0.39 is 37.0 Å². The van der Waals surface area contributed by atoms with Crippen molar-refractivity contribution >= 4 is 23.1 Å². The van der Waals surface area contributed by atoms with Gasteiger partial charge in [0.25, 0.3) is 6.43 Å². The molecule has 2 atom stereocenters. The number of rotatable bonds is 4. The molecule has 0 bridgehead atoms. The second-order valence-electron chi connectivity index (χ2n) is 9.12. The summed E-state index contributed by atoms with van der Waals surface area (Å²) in [6.07, 6.45) is -3.12. The highest BCUT2D eigenvalue weighted by Gasteiger charge is 2.36. The number of piperazine rings is 1. The summed E-state index contributed by atoms with van der Waals surface area (Å²) >= 11 is 0. The number of alkyl halides is 2. The molecule has 1 N–H and O–H groups in total. The van der Waals surface area contributed by atoms with Crippen molar-refractivity contribution in [3.05, 3.63) is 16.3 Å². The number of hydrogen-bond acceptors (Lipinski definition) is 7. The maximum Gasteiger partial charge on any atom is 0.410 e. The number of amides is 1. The van der Waals surface area contributed by atoms with Crippen molar-refractivity contribution in [1.29, 1.82) is 0 Å². The first-order valence-corrected chi connectivity index (χ1v) is 10.5. The molecule has 3 heterocycles. The van der Waals surface area contributed by atoms with Gasteiger partial charge in [0.05, 0.1) is 6.54 Å². The normalized spacial score (nSPS) is 19.8. The van der Waals surface area contributed by atoms with Gasteiger partial charge in [-0.25, -0.2) is 23.4 Å². The van der Waals surface area contributed by atoms with Gasteiger partial charge in [-0.1, -0.05) is 0 Å². The van der Waals surface area contributed by atoms with E-state index in [1.54, 1.807) is 25.7 Å². The summed E-state index contributed by atoms with van der Waals surface area (Å²) in [5.41, 5.74) is -0.837. The van der Waals surface area contributed by atoms with Crippen LogP contribution < -0.4 is 10.6 Å². The van der Waals surface area contributed by atoms with Crippen LogP contribution in [0.2, 0.25) is 0 Å². The van der Waals surface area contributed by atoms with Gasteiger partial charge < -0.3 is 24.2 Å². The van der Waals surface area contributed by atoms with Crippen LogP contribution in [0.25, 0.3) is 11.2 Å². The van der Waals surface area contributed by atoms with E-state index in [0.717, 1.165) is 9.13 Å². The summed E-state index contributed by atoms with van der Waals surface area (Å²) in [5.74, 6) is 0.270. The predicted molar refractivity (Wildman–Crippen MR) is 114 cm³/mol. The summed E-state index contributed by atoms with van der Waals surface area (Å²) in [6.45, 7) is 8.51. The van der Waals surface area contributed by atoms with E-state index >= 15 is 0 Å². The molecule has 1 saturated heterocycles. The van der Waals surface area contributed by atoms with Crippen LogP contribution >= 0.6 is 0 Å². The van der Waals surface area contributed by atoms with Gasteiger partial charge in [0.15, 0.2) is 5.82 Å². The number of hydrogen-bond donors (Lipinski definition) is 1. The Morgan fingerprint density at radius 1 is 1.22 bits per heavy atom. The van der Waals surface area contributed by atoms with Crippen molar-refractivity contribution in [2.45, 2.75) is 71.9 Å². The third-order valence-corrected chi connectivity index (χ3v) is 5.39. The van der Waals surface area contributed by atoms with E-state index in [1.165, 1.54) is 7.05 Å². The monoisotopic (exact) mass is 456 g/mol. The molecule has 1 aliphatic rings. The number of anilines is 1. The van der Waals surface area contributed by atoms with Crippen LogP contribution in [-0.2, 0) is 24.9 Å².